The van der Waals surface area contributed by atoms with Gasteiger partial charge in [-0.1, -0.05) is 5.21 Å². The number of ether oxygens (including phenoxy) is 1. The minimum Gasteiger partial charge on any atom is -0.476 e. The highest BCUT2D eigenvalue weighted by Crippen LogP contribution is 2.30. The van der Waals surface area contributed by atoms with Crippen LogP contribution >= 0.6 is 0 Å². The van der Waals surface area contributed by atoms with Crippen LogP contribution in [0.25, 0.3) is 0 Å². The fourth-order valence-corrected chi connectivity index (χ4v) is 1.98. The molecule has 1 aromatic rings. The lowest BCUT2D eigenvalue weighted by Crippen LogP contribution is -2.23. The van der Waals surface area contributed by atoms with E-state index >= 15 is 0 Å². The summed E-state index contributed by atoms with van der Waals surface area (Å²) < 4.78 is 6.73. The second-order valence-corrected chi connectivity index (χ2v) is 4.15. The molecule has 18 heavy (non-hydrogen) atoms. The second-order valence-electron chi connectivity index (χ2n) is 4.15. The van der Waals surface area contributed by atoms with Crippen LogP contribution in [0.15, 0.2) is 0 Å². The maximum atomic E-state index is 11.1. The Morgan fingerprint density at radius 2 is 2.39 bits per heavy atom. The molecule has 0 amide bonds. The molecular weight excluding hydrogens is 242 g/mol. The number of hydrogen-bond donors (Lipinski definition) is 3. The SMILES string of the molecule is O=C(O)c1nnn(CC(O)CO)c1C1CCCO1. The van der Waals surface area contributed by atoms with E-state index in [1.165, 1.54) is 4.68 Å². The van der Waals surface area contributed by atoms with Gasteiger partial charge in [0.05, 0.1) is 19.3 Å². The first kappa shape index (κ1) is 12.9. The molecule has 0 aliphatic carbocycles. The largest absolute Gasteiger partial charge is 0.476 e. The normalized spacial score (nSPS) is 21.1. The second kappa shape index (κ2) is 5.42. The van der Waals surface area contributed by atoms with Crippen LogP contribution in [0.4, 0.5) is 0 Å². The Balaban J connectivity index is 2.30. The van der Waals surface area contributed by atoms with E-state index in [9.17, 15) is 9.90 Å². The third-order valence-corrected chi connectivity index (χ3v) is 2.81. The summed E-state index contributed by atoms with van der Waals surface area (Å²) in [6, 6.07) is 0. The van der Waals surface area contributed by atoms with Gasteiger partial charge in [0.1, 0.15) is 11.8 Å². The number of nitrogens with zero attached hydrogens (tertiary/aromatic N) is 3. The number of carboxylic acids is 1. The van der Waals surface area contributed by atoms with E-state index in [0.29, 0.717) is 18.7 Å². The molecule has 0 radical (unpaired) electrons. The van der Waals surface area contributed by atoms with Crippen molar-refractivity contribution >= 4 is 5.97 Å². The van der Waals surface area contributed by atoms with E-state index < -0.39 is 18.7 Å². The minimum absolute atomic E-state index is 0.00796. The van der Waals surface area contributed by atoms with Gasteiger partial charge in [-0.3, -0.25) is 0 Å². The summed E-state index contributed by atoms with van der Waals surface area (Å²) >= 11 is 0. The number of hydrogen-bond acceptors (Lipinski definition) is 6. The Labute approximate surface area is 103 Å². The van der Waals surface area contributed by atoms with Gasteiger partial charge in [0.25, 0.3) is 0 Å². The van der Waals surface area contributed by atoms with Gasteiger partial charge in [0.2, 0.25) is 0 Å². The summed E-state index contributed by atoms with van der Waals surface area (Å²) in [6.45, 7) is 0.136. The zero-order valence-electron chi connectivity index (χ0n) is 9.69. The van der Waals surface area contributed by atoms with Gasteiger partial charge in [-0.05, 0) is 12.8 Å². The lowest BCUT2D eigenvalue weighted by molar-refractivity contribution is 0.0640. The van der Waals surface area contributed by atoms with Crippen molar-refractivity contribution in [3.63, 3.8) is 0 Å². The van der Waals surface area contributed by atoms with E-state index in [-0.39, 0.29) is 18.3 Å². The zero-order valence-corrected chi connectivity index (χ0v) is 9.69. The molecule has 0 spiro atoms. The fraction of sp³-hybridized carbons (Fsp3) is 0.700. The van der Waals surface area contributed by atoms with Crippen molar-refractivity contribution in [1.29, 1.82) is 0 Å². The van der Waals surface area contributed by atoms with Crippen molar-refractivity contribution < 1.29 is 24.9 Å². The highest BCUT2D eigenvalue weighted by molar-refractivity contribution is 5.86. The molecule has 2 atom stereocenters. The molecular formula is C10H15N3O5. The van der Waals surface area contributed by atoms with Crippen LogP contribution in [0.5, 0.6) is 0 Å². The molecule has 1 aliphatic rings. The van der Waals surface area contributed by atoms with E-state index in [2.05, 4.69) is 10.3 Å². The Hall–Kier alpha value is -1.51. The lowest BCUT2D eigenvalue weighted by Gasteiger charge is -2.14. The summed E-state index contributed by atoms with van der Waals surface area (Å²) in [5.74, 6) is -1.18. The summed E-state index contributed by atoms with van der Waals surface area (Å²) in [5, 5.41) is 34.5. The van der Waals surface area contributed by atoms with Crippen LogP contribution in [-0.4, -0.2) is 55.6 Å². The molecule has 2 rings (SSSR count). The highest BCUT2D eigenvalue weighted by Gasteiger charge is 2.30. The Kier molecular flexibility index (Phi) is 3.90. The van der Waals surface area contributed by atoms with Gasteiger partial charge in [0, 0.05) is 6.61 Å². The molecule has 1 fully saturated rings. The van der Waals surface area contributed by atoms with Gasteiger partial charge in [-0.15, -0.1) is 5.10 Å². The Morgan fingerprint density at radius 1 is 1.61 bits per heavy atom. The number of carbonyl (C=O) groups is 1. The summed E-state index contributed by atoms with van der Waals surface area (Å²) in [5.41, 5.74) is 0.194. The molecule has 8 heteroatoms. The van der Waals surface area contributed by atoms with Crippen molar-refractivity contribution in [2.24, 2.45) is 0 Å². The van der Waals surface area contributed by atoms with Gasteiger partial charge < -0.3 is 20.1 Å². The first-order valence-electron chi connectivity index (χ1n) is 5.70. The number of aliphatic hydroxyl groups is 2. The maximum Gasteiger partial charge on any atom is 0.358 e. The number of rotatable bonds is 5. The van der Waals surface area contributed by atoms with Gasteiger partial charge >= 0.3 is 5.97 Å². The summed E-state index contributed by atoms with van der Waals surface area (Å²) in [4.78, 5) is 11.1. The van der Waals surface area contributed by atoms with Crippen LogP contribution in [0, 0.1) is 0 Å². The molecule has 0 aromatic carbocycles. The molecule has 2 unspecified atom stereocenters. The minimum atomic E-state index is -1.18. The third-order valence-electron chi connectivity index (χ3n) is 2.81. The topological polar surface area (TPSA) is 118 Å². The fourth-order valence-electron chi connectivity index (χ4n) is 1.98. The lowest BCUT2D eigenvalue weighted by atomic mass is 10.1. The monoisotopic (exact) mass is 257 g/mol. The van der Waals surface area contributed by atoms with E-state index in [4.69, 9.17) is 14.9 Å². The predicted octanol–water partition coefficient (Wildman–Crippen LogP) is -0.819. The predicted molar refractivity (Wildman–Crippen MR) is 58.0 cm³/mol. The molecule has 1 saturated heterocycles. The van der Waals surface area contributed by atoms with Crippen molar-refractivity contribution in [1.82, 2.24) is 15.0 Å². The van der Waals surface area contributed by atoms with Crippen LogP contribution < -0.4 is 0 Å². The Bertz CT molecular complexity index is 427. The average molecular weight is 257 g/mol. The van der Waals surface area contributed by atoms with E-state index in [1.807, 2.05) is 0 Å². The number of carboxylic acid groups (broad SMARTS) is 1. The van der Waals surface area contributed by atoms with Crippen molar-refractivity contribution in [2.45, 2.75) is 31.6 Å². The summed E-state index contributed by atoms with van der Waals surface area (Å²) in [6.07, 6.45) is 0.172. The van der Waals surface area contributed by atoms with Gasteiger partial charge in [-0.2, -0.15) is 0 Å². The molecule has 0 saturated carbocycles. The van der Waals surface area contributed by atoms with Crippen LogP contribution in [0.3, 0.4) is 0 Å². The standard InChI is InChI=1S/C10H15N3O5/c14-5-6(15)4-13-9(7-2-1-3-18-7)8(10(16)17)11-12-13/h6-7,14-15H,1-5H2,(H,16,17). The Morgan fingerprint density at radius 3 is 2.94 bits per heavy atom. The van der Waals surface area contributed by atoms with Crippen molar-refractivity contribution in [2.75, 3.05) is 13.2 Å². The van der Waals surface area contributed by atoms with Crippen molar-refractivity contribution in [3.8, 4) is 0 Å². The van der Waals surface area contributed by atoms with Crippen LogP contribution in [0.1, 0.15) is 35.1 Å². The molecule has 100 valence electrons. The number of aromatic carboxylic acids is 1. The maximum absolute atomic E-state index is 11.1. The molecule has 2 heterocycles. The third kappa shape index (κ3) is 2.50. The summed E-state index contributed by atoms with van der Waals surface area (Å²) in [7, 11) is 0. The quantitative estimate of drug-likeness (QED) is 0.630. The van der Waals surface area contributed by atoms with E-state index in [0.717, 1.165) is 6.42 Å². The smallest absolute Gasteiger partial charge is 0.358 e. The van der Waals surface area contributed by atoms with E-state index in [1.54, 1.807) is 0 Å². The average Bonchev–Trinajstić information content (AvgIpc) is 2.96. The number of aliphatic hydroxyl groups excluding tert-OH is 2. The number of aromatic nitrogens is 3. The zero-order chi connectivity index (χ0) is 13.1. The molecule has 1 aliphatic heterocycles. The van der Waals surface area contributed by atoms with Crippen molar-refractivity contribution in [3.05, 3.63) is 11.4 Å². The van der Waals surface area contributed by atoms with Gasteiger partial charge in [-0.25, -0.2) is 9.48 Å². The van der Waals surface area contributed by atoms with Gasteiger partial charge in [0.15, 0.2) is 5.69 Å². The molecule has 1 aromatic heterocycles. The first-order valence-corrected chi connectivity index (χ1v) is 5.70. The van der Waals surface area contributed by atoms with Crippen LogP contribution in [0.2, 0.25) is 0 Å². The molecule has 3 N–H and O–H groups in total. The molecule has 0 bridgehead atoms. The highest BCUT2D eigenvalue weighted by atomic mass is 16.5. The van der Waals surface area contributed by atoms with Crippen LogP contribution in [-0.2, 0) is 11.3 Å². The first-order chi connectivity index (χ1) is 8.63. The molecule has 8 nitrogen and oxygen atoms in total.